The Bertz CT molecular complexity index is 1350. The first-order valence-electron chi connectivity index (χ1n) is 10.9. The minimum absolute atomic E-state index is 0.00292. The van der Waals surface area contributed by atoms with Crippen LogP contribution in [0, 0.1) is 5.82 Å². The van der Waals surface area contributed by atoms with Gasteiger partial charge in [-0.15, -0.1) is 10.2 Å². The molecule has 0 unspecified atom stereocenters. The van der Waals surface area contributed by atoms with E-state index in [0.29, 0.717) is 35.9 Å². The number of carbonyl (C=O) groups excluding carboxylic acids is 2. The number of Topliss-reactive ketones (excluding diaryl/α,β-unsaturated/α-hetero) is 1. The normalized spacial score (nSPS) is 12.8. The van der Waals surface area contributed by atoms with E-state index in [4.69, 9.17) is 0 Å². The lowest BCUT2D eigenvalue weighted by Crippen LogP contribution is -2.19. The van der Waals surface area contributed by atoms with Crippen molar-refractivity contribution in [1.82, 2.24) is 14.8 Å². The van der Waals surface area contributed by atoms with Crippen molar-refractivity contribution in [2.45, 2.75) is 24.5 Å². The van der Waals surface area contributed by atoms with E-state index < -0.39 is 0 Å². The van der Waals surface area contributed by atoms with E-state index in [1.807, 2.05) is 41.0 Å². The summed E-state index contributed by atoms with van der Waals surface area (Å²) in [6, 6.07) is 21.4. The molecule has 6 nitrogen and oxygen atoms in total. The van der Waals surface area contributed by atoms with Gasteiger partial charge in [0.25, 0.3) is 0 Å². The van der Waals surface area contributed by atoms with Gasteiger partial charge in [0, 0.05) is 23.2 Å². The molecular formula is C26H21FN4O2S. The number of aromatic nitrogens is 3. The minimum atomic E-state index is -0.317. The smallest absolute Gasteiger partial charge is 0.224 e. The van der Waals surface area contributed by atoms with E-state index in [9.17, 15) is 14.0 Å². The van der Waals surface area contributed by atoms with E-state index in [2.05, 4.69) is 15.5 Å². The Labute approximate surface area is 200 Å². The molecule has 34 heavy (non-hydrogen) atoms. The summed E-state index contributed by atoms with van der Waals surface area (Å²) in [5.74, 6) is 0.465. The predicted molar refractivity (Wildman–Crippen MR) is 129 cm³/mol. The lowest BCUT2D eigenvalue weighted by molar-refractivity contribution is -0.116. The average Bonchev–Trinajstić information content (AvgIpc) is 3.25. The van der Waals surface area contributed by atoms with E-state index in [1.165, 1.54) is 23.9 Å². The molecule has 0 aliphatic carbocycles. The van der Waals surface area contributed by atoms with Crippen molar-refractivity contribution in [3.8, 4) is 11.4 Å². The molecule has 4 aromatic rings. The highest BCUT2D eigenvalue weighted by Crippen LogP contribution is 2.28. The van der Waals surface area contributed by atoms with Gasteiger partial charge in [0.15, 0.2) is 16.8 Å². The summed E-state index contributed by atoms with van der Waals surface area (Å²) in [6.45, 7) is 0.523. The quantitative estimate of drug-likeness (QED) is 0.303. The van der Waals surface area contributed by atoms with E-state index in [0.717, 1.165) is 22.4 Å². The Hall–Kier alpha value is -3.78. The largest absolute Gasteiger partial charge is 0.326 e. The summed E-state index contributed by atoms with van der Waals surface area (Å²) in [7, 11) is 0. The standard InChI is InChI=1S/C26H21FN4O2S/c27-21-10-6-18(7-11-21)25-29-30-26(31(25)15-17-4-2-1-3-5-17)34-16-23(32)20-8-12-22-19(14-20)9-13-24(33)28-22/h1-8,10-12,14H,9,13,15-16H2,(H,28,33). The maximum Gasteiger partial charge on any atom is 0.224 e. The highest BCUT2D eigenvalue weighted by atomic mass is 32.2. The molecular weight excluding hydrogens is 451 g/mol. The third kappa shape index (κ3) is 4.77. The number of thioether (sulfide) groups is 1. The van der Waals surface area contributed by atoms with Crippen LogP contribution in [0.2, 0.25) is 0 Å². The second kappa shape index (κ2) is 9.61. The molecule has 1 aromatic heterocycles. The number of carbonyl (C=O) groups is 2. The Balaban J connectivity index is 1.38. The van der Waals surface area contributed by atoms with Crippen LogP contribution >= 0.6 is 11.8 Å². The Morgan fingerprint density at radius 2 is 1.79 bits per heavy atom. The van der Waals surface area contributed by atoms with Crippen LogP contribution in [0.3, 0.4) is 0 Å². The van der Waals surface area contributed by atoms with Crippen molar-refractivity contribution in [2.75, 3.05) is 11.1 Å². The summed E-state index contributed by atoms with van der Waals surface area (Å²) in [6.07, 6.45) is 1.05. The number of nitrogens with zero attached hydrogens (tertiary/aromatic N) is 3. The molecule has 5 rings (SSSR count). The monoisotopic (exact) mass is 472 g/mol. The fourth-order valence-corrected chi connectivity index (χ4v) is 4.72. The molecule has 1 amide bonds. The van der Waals surface area contributed by atoms with Gasteiger partial charge in [0.1, 0.15) is 5.82 Å². The van der Waals surface area contributed by atoms with Gasteiger partial charge in [-0.25, -0.2) is 4.39 Å². The molecule has 0 atom stereocenters. The van der Waals surface area contributed by atoms with E-state index in [1.54, 1.807) is 24.3 Å². The number of rotatable bonds is 7. The molecule has 1 aliphatic rings. The zero-order valence-electron chi connectivity index (χ0n) is 18.2. The molecule has 0 fully saturated rings. The Kier molecular flexibility index (Phi) is 6.22. The van der Waals surface area contributed by atoms with Crippen molar-refractivity contribution in [2.24, 2.45) is 0 Å². The lowest BCUT2D eigenvalue weighted by atomic mass is 9.99. The summed E-state index contributed by atoms with van der Waals surface area (Å²) in [5.41, 5.74) is 4.17. The SMILES string of the molecule is O=C1CCc2cc(C(=O)CSc3nnc(-c4ccc(F)cc4)n3Cc3ccccc3)ccc2N1. The molecule has 0 saturated carbocycles. The second-order valence-electron chi connectivity index (χ2n) is 8.02. The van der Waals surface area contributed by atoms with E-state index >= 15 is 0 Å². The first-order valence-corrected chi connectivity index (χ1v) is 11.9. The van der Waals surface area contributed by atoms with Crippen LogP contribution in [0.1, 0.15) is 27.9 Å². The first kappa shape index (κ1) is 22.0. The summed E-state index contributed by atoms with van der Waals surface area (Å²) >= 11 is 1.32. The number of anilines is 1. The molecule has 0 radical (unpaired) electrons. The van der Waals surface area contributed by atoms with Gasteiger partial charge in [-0.2, -0.15) is 0 Å². The van der Waals surface area contributed by atoms with E-state index in [-0.39, 0.29) is 23.3 Å². The van der Waals surface area contributed by atoms with Gasteiger partial charge in [-0.3, -0.25) is 14.2 Å². The number of halogens is 1. The topological polar surface area (TPSA) is 76.9 Å². The van der Waals surface area contributed by atoms with Gasteiger partial charge in [0.05, 0.1) is 12.3 Å². The highest BCUT2D eigenvalue weighted by Gasteiger charge is 2.19. The first-order chi connectivity index (χ1) is 16.6. The highest BCUT2D eigenvalue weighted by molar-refractivity contribution is 7.99. The molecule has 1 aliphatic heterocycles. The predicted octanol–water partition coefficient (Wildman–Crippen LogP) is 4.99. The minimum Gasteiger partial charge on any atom is -0.326 e. The summed E-state index contributed by atoms with van der Waals surface area (Å²) in [4.78, 5) is 24.5. The molecule has 0 saturated heterocycles. The van der Waals surface area contributed by atoms with Crippen LogP contribution in [0.5, 0.6) is 0 Å². The second-order valence-corrected chi connectivity index (χ2v) is 8.96. The summed E-state index contributed by atoms with van der Waals surface area (Å²) < 4.78 is 15.4. The third-order valence-corrected chi connectivity index (χ3v) is 6.62. The van der Waals surface area contributed by atoms with Crippen LogP contribution < -0.4 is 5.32 Å². The number of benzene rings is 3. The fourth-order valence-electron chi connectivity index (χ4n) is 3.89. The van der Waals surface area contributed by atoms with Gasteiger partial charge in [0.2, 0.25) is 5.91 Å². The van der Waals surface area contributed by atoms with Crippen molar-refractivity contribution in [3.63, 3.8) is 0 Å². The van der Waals surface area contributed by atoms with Crippen molar-refractivity contribution in [3.05, 3.63) is 95.3 Å². The van der Waals surface area contributed by atoms with Gasteiger partial charge >= 0.3 is 0 Å². The lowest BCUT2D eigenvalue weighted by Gasteiger charge is -2.17. The van der Waals surface area contributed by atoms with Crippen LogP contribution in [-0.4, -0.2) is 32.2 Å². The van der Waals surface area contributed by atoms with Gasteiger partial charge in [-0.1, -0.05) is 42.1 Å². The molecule has 8 heteroatoms. The zero-order valence-corrected chi connectivity index (χ0v) is 19.0. The van der Waals surface area contributed by atoms with Crippen LogP contribution in [0.25, 0.3) is 11.4 Å². The van der Waals surface area contributed by atoms with Crippen molar-refractivity contribution in [1.29, 1.82) is 0 Å². The third-order valence-electron chi connectivity index (χ3n) is 5.66. The van der Waals surface area contributed by atoms with Crippen LogP contribution in [0.4, 0.5) is 10.1 Å². The number of hydrogen-bond donors (Lipinski definition) is 1. The van der Waals surface area contributed by atoms with Crippen LogP contribution in [-0.2, 0) is 17.8 Å². The number of nitrogens with one attached hydrogen (secondary N) is 1. The maximum absolute atomic E-state index is 13.4. The number of fused-ring (bicyclic) bond motifs is 1. The zero-order chi connectivity index (χ0) is 23.5. The number of amides is 1. The average molecular weight is 473 g/mol. The van der Waals surface area contributed by atoms with Gasteiger partial charge in [-0.05, 0) is 60.0 Å². The molecule has 3 aromatic carbocycles. The number of ketones is 1. The van der Waals surface area contributed by atoms with Gasteiger partial charge < -0.3 is 5.32 Å². The Morgan fingerprint density at radius 1 is 1.00 bits per heavy atom. The maximum atomic E-state index is 13.4. The van der Waals surface area contributed by atoms with Crippen molar-refractivity contribution < 1.29 is 14.0 Å². The molecule has 1 N–H and O–H groups in total. The molecule has 2 heterocycles. The molecule has 0 bridgehead atoms. The van der Waals surface area contributed by atoms with Crippen molar-refractivity contribution >= 4 is 29.1 Å². The molecule has 0 spiro atoms. The number of hydrogen-bond acceptors (Lipinski definition) is 5. The molecule has 170 valence electrons. The Morgan fingerprint density at radius 3 is 2.59 bits per heavy atom. The summed E-state index contributed by atoms with van der Waals surface area (Å²) in [5, 5.41) is 12.1. The number of aryl methyl sites for hydroxylation is 1. The fraction of sp³-hybridized carbons (Fsp3) is 0.154. The van der Waals surface area contributed by atoms with Crippen LogP contribution in [0.15, 0.2) is 78.0 Å².